The van der Waals surface area contributed by atoms with E-state index in [9.17, 15) is 10.1 Å². The molecule has 2 aliphatic rings. The van der Waals surface area contributed by atoms with Crippen LogP contribution in [0.25, 0.3) is 0 Å². The summed E-state index contributed by atoms with van der Waals surface area (Å²) in [6, 6.07) is 13.1. The van der Waals surface area contributed by atoms with Gasteiger partial charge in [-0.2, -0.15) is 5.26 Å². The highest BCUT2D eigenvalue weighted by atomic mass is 16.5. The number of furan rings is 1. The minimum absolute atomic E-state index is 0.0463. The van der Waals surface area contributed by atoms with Crippen LogP contribution in [-0.2, 0) is 9.53 Å². The topological polar surface area (TPSA) is 98.5 Å². The highest BCUT2D eigenvalue weighted by Crippen LogP contribution is 2.46. The molecule has 1 aromatic heterocycles. The zero-order valence-electron chi connectivity index (χ0n) is 14.8. The summed E-state index contributed by atoms with van der Waals surface area (Å²) in [6.07, 6.45) is 2.40. The van der Waals surface area contributed by atoms with Crippen LogP contribution in [0, 0.1) is 11.3 Å². The van der Waals surface area contributed by atoms with Crippen LogP contribution in [0.15, 0.2) is 69.9 Å². The predicted molar refractivity (Wildman–Crippen MR) is 96.4 cm³/mol. The van der Waals surface area contributed by atoms with Crippen LogP contribution in [0.1, 0.15) is 36.0 Å². The number of Topliss-reactive ketones (excluding diaryl/α,β-unsaturated/α-hetero) is 1. The molecule has 2 aromatic rings. The molecule has 0 amide bonds. The smallest absolute Gasteiger partial charge is 0.205 e. The van der Waals surface area contributed by atoms with Crippen LogP contribution in [0.2, 0.25) is 0 Å². The molecule has 2 atom stereocenters. The predicted octanol–water partition coefficient (Wildman–Crippen LogP) is 3.50. The first kappa shape index (κ1) is 17.0. The molecule has 1 aliphatic heterocycles. The summed E-state index contributed by atoms with van der Waals surface area (Å²) in [5.74, 6) is 1.32. The first-order valence-electron chi connectivity index (χ1n) is 8.63. The Kier molecular flexibility index (Phi) is 4.21. The SMILES string of the molecule is COc1ccc([C@H]2C(C#N)=C(N)OC3=C2C(=O)C[C@H](c2ccco2)C3)cc1. The minimum atomic E-state index is -0.533. The Morgan fingerprint density at radius 1 is 1.22 bits per heavy atom. The van der Waals surface area contributed by atoms with Crippen LogP contribution in [-0.4, -0.2) is 12.9 Å². The first-order chi connectivity index (χ1) is 13.1. The molecular formula is C21H18N2O4. The van der Waals surface area contributed by atoms with E-state index >= 15 is 0 Å². The van der Waals surface area contributed by atoms with E-state index in [1.807, 2.05) is 18.2 Å². The average Bonchev–Trinajstić information content (AvgIpc) is 3.21. The molecule has 6 heteroatoms. The Hall–Kier alpha value is -3.46. The summed E-state index contributed by atoms with van der Waals surface area (Å²) in [7, 11) is 1.59. The van der Waals surface area contributed by atoms with E-state index in [0.29, 0.717) is 29.9 Å². The van der Waals surface area contributed by atoms with Gasteiger partial charge in [0.25, 0.3) is 0 Å². The van der Waals surface area contributed by atoms with Crippen molar-refractivity contribution in [1.82, 2.24) is 0 Å². The zero-order chi connectivity index (χ0) is 19.0. The number of rotatable bonds is 3. The molecule has 0 unspecified atom stereocenters. The fraction of sp³-hybridized carbons (Fsp3) is 0.238. The summed E-state index contributed by atoms with van der Waals surface area (Å²) in [5.41, 5.74) is 7.59. The maximum Gasteiger partial charge on any atom is 0.205 e. The molecule has 0 radical (unpaired) electrons. The van der Waals surface area contributed by atoms with Crippen molar-refractivity contribution < 1.29 is 18.7 Å². The molecule has 6 nitrogen and oxygen atoms in total. The van der Waals surface area contributed by atoms with Crippen molar-refractivity contribution in [3.8, 4) is 11.8 Å². The fourth-order valence-electron chi connectivity index (χ4n) is 3.76. The van der Waals surface area contributed by atoms with Gasteiger partial charge in [0.2, 0.25) is 5.88 Å². The van der Waals surface area contributed by atoms with E-state index in [-0.39, 0.29) is 23.2 Å². The maximum atomic E-state index is 13.0. The maximum absolute atomic E-state index is 13.0. The summed E-state index contributed by atoms with van der Waals surface area (Å²) in [6.45, 7) is 0. The highest BCUT2D eigenvalue weighted by Gasteiger charge is 2.41. The lowest BCUT2D eigenvalue weighted by atomic mass is 9.74. The monoisotopic (exact) mass is 362 g/mol. The zero-order valence-corrected chi connectivity index (χ0v) is 14.8. The normalized spacial score (nSPS) is 22.1. The number of ketones is 1. The van der Waals surface area contributed by atoms with Gasteiger partial charge in [-0.15, -0.1) is 0 Å². The second-order valence-corrected chi connectivity index (χ2v) is 6.58. The molecule has 0 saturated carbocycles. The van der Waals surface area contributed by atoms with Crippen molar-refractivity contribution in [3.63, 3.8) is 0 Å². The molecule has 0 spiro atoms. The lowest BCUT2D eigenvalue weighted by Gasteiger charge is -2.33. The Bertz CT molecular complexity index is 978. The lowest BCUT2D eigenvalue weighted by Crippen LogP contribution is -2.29. The van der Waals surface area contributed by atoms with E-state index in [1.165, 1.54) is 0 Å². The van der Waals surface area contributed by atoms with E-state index in [0.717, 1.165) is 11.3 Å². The van der Waals surface area contributed by atoms with Crippen molar-refractivity contribution in [2.75, 3.05) is 7.11 Å². The molecule has 0 bridgehead atoms. The fourth-order valence-corrected chi connectivity index (χ4v) is 3.76. The van der Waals surface area contributed by atoms with Crippen molar-refractivity contribution in [2.45, 2.75) is 24.7 Å². The molecule has 136 valence electrons. The number of carbonyl (C=O) groups is 1. The van der Waals surface area contributed by atoms with Crippen LogP contribution in [0.5, 0.6) is 5.75 Å². The molecular weight excluding hydrogens is 344 g/mol. The Balaban J connectivity index is 1.78. The van der Waals surface area contributed by atoms with E-state index in [4.69, 9.17) is 19.6 Å². The Labute approximate surface area is 156 Å². The Morgan fingerprint density at radius 3 is 2.63 bits per heavy atom. The van der Waals surface area contributed by atoms with Gasteiger partial charge in [-0.25, -0.2) is 0 Å². The van der Waals surface area contributed by atoms with Gasteiger partial charge in [-0.1, -0.05) is 12.1 Å². The first-order valence-corrected chi connectivity index (χ1v) is 8.63. The number of methoxy groups -OCH3 is 1. The summed E-state index contributed by atoms with van der Waals surface area (Å²) >= 11 is 0. The number of carbonyl (C=O) groups excluding carboxylic acids is 1. The molecule has 4 rings (SSSR count). The number of hydrogen-bond acceptors (Lipinski definition) is 6. The van der Waals surface area contributed by atoms with Crippen LogP contribution in [0.3, 0.4) is 0 Å². The van der Waals surface area contributed by atoms with Gasteiger partial charge in [0, 0.05) is 24.3 Å². The van der Waals surface area contributed by atoms with E-state index in [1.54, 1.807) is 31.6 Å². The molecule has 2 N–H and O–H groups in total. The largest absolute Gasteiger partial charge is 0.497 e. The quantitative estimate of drug-likeness (QED) is 0.897. The lowest BCUT2D eigenvalue weighted by molar-refractivity contribution is -0.117. The molecule has 0 saturated heterocycles. The number of nitriles is 1. The van der Waals surface area contributed by atoms with Gasteiger partial charge in [-0.05, 0) is 29.8 Å². The Morgan fingerprint density at radius 2 is 2.00 bits per heavy atom. The summed E-state index contributed by atoms with van der Waals surface area (Å²) < 4.78 is 16.4. The van der Waals surface area contributed by atoms with Gasteiger partial charge in [0.1, 0.15) is 28.9 Å². The second kappa shape index (κ2) is 6.69. The van der Waals surface area contributed by atoms with Gasteiger partial charge < -0.3 is 19.6 Å². The van der Waals surface area contributed by atoms with Crippen molar-refractivity contribution in [2.24, 2.45) is 5.73 Å². The average molecular weight is 362 g/mol. The van der Waals surface area contributed by atoms with E-state index in [2.05, 4.69) is 6.07 Å². The number of allylic oxidation sites excluding steroid dienone is 3. The summed E-state index contributed by atoms with van der Waals surface area (Å²) in [5, 5.41) is 9.63. The molecule has 1 aliphatic carbocycles. The molecule has 27 heavy (non-hydrogen) atoms. The molecule has 0 fully saturated rings. The second-order valence-electron chi connectivity index (χ2n) is 6.58. The van der Waals surface area contributed by atoms with Crippen LogP contribution in [0.4, 0.5) is 0 Å². The van der Waals surface area contributed by atoms with Crippen LogP contribution >= 0.6 is 0 Å². The third-order valence-electron chi connectivity index (χ3n) is 5.06. The highest BCUT2D eigenvalue weighted by molar-refractivity contribution is 6.00. The standard InChI is InChI=1S/C21H18N2O4/c1-25-14-6-4-12(5-7-14)19-15(11-22)21(23)27-18-10-13(9-16(24)20(18)19)17-3-2-8-26-17/h2-8,13,19H,9-10,23H2,1H3/t13-,19-/m0/s1. The summed E-state index contributed by atoms with van der Waals surface area (Å²) in [4.78, 5) is 13.0. The van der Waals surface area contributed by atoms with Crippen LogP contribution < -0.4 is 10.5 Å². The third-order valence-corrected chi connectivity index (χ3v) is 5.06. The van der Waals surface area contributed by atoms with Gasteiger partial charge in [0.05, 0.1) is 19.3 Å². The van der Waals surface area contributed by atoms with Gasteiger partial charge in [-0.3, -0.25) is 4.79 Å². The van der Waals surface area contributed by atoms with Crippen molar-refractivity contribution in [1.29, 1.82) is 5.26 Å². The van der Waals surface area contributed by atoms with Crippen molar-refractivity contribution >= 4 is 5.78 Å². The molecule has 1 aromatic carbocycles. The number of ether oxygens (including phenoxy) is 2. The number of nitrogens with two attached hydrogens (primary N) is 1. The van der Waals surface area contributed by atoms with Gasteiger partial charge >= 0.3 is 0 Å². The van der Waals surface area contributed by atoms with E-state index < -0.39 is 5.92 Å². The third kappa shape index (κ3) is 2.87. The number of nitrogens with zero attached hydrogens (tertiary/aromatic N) is 1. The van der Waals surface area contributed by atoms with Crippen molar-refractivity contribution in [3.05, 3.63) is 76.8 Å². The minimum Gasteiger partial charge on any atom is -0.497 e. The number of benzene rings is 1. The van der Waals surface area contributed by atoms with Gasteiger partial charge in [0.15, 0.2) is 5.78 Å². The molecule has 2 heterocycles. The number of hydrogen-bond donors (Lipinski definition) is 1.